The molecule has 0 heterocycles. The van der Waals surface area contributed by atoms with E-state index in [1.807, 2.05) is 0 Å². The molecule has 2 nitrogen and oxygen atoms in total. The Balaban J connectivity index is 1.92. The lowest BCUT2D eigenvalue weighted by molar-refractivity contribution is -0.0328. The number of nitrogens with one attached hydrogen (secondary N) is 1. The molecule has 0 unspecified atom stereocenters. The molecule has 2 rings (SSSR count). The molecule has 20 heavy (non-hydrogen) atoms. The second-order valence-corrected chi connectivity index (χ2v) is 5.23. The second kappa shape index (κ2) is 6.09. The minimum atomic E-state index is -4.26. The number of rotatable bonds is 4. The van der Waals surface area contributed by atoms with Crippen molar-refractivity contribution in [3.63, 3.8) is 0 Å². The zero-order valence-corrected chi connectivity index (χ0v) is 11.1. The molecule has 0 radical (unpaired) electrons. The van der Waals surface area contributed by atoms with Crippen LogP contribution in [0.3, 0.4) is 0 Å². The zero-order valence-electron chi connectivity index (χ0n) is 10.3. The highest BCUT2D eigenvalue weighted by Crippen LogP contribution is 2.36. The van der Waals surface area contributed by atoms with E-state index in [9.17, 15) is 13.2 Å². The summed E-state index contributed by atoms with van der Waals surface area (Å²) in [5, 5.41) is 12.3. The molecular formula is C14H12F3NOS. The highest BCUT2D eigenvalue weighted by Gasteiger charge is 2.28. The first kappa shape index (κ1) is 14.6. The average molecular weight is 299 g/mol. The third-order valence-electron chi connectivity index (χ3n) is 2.52. The summed E-state index contributed by atoms with van der Waals surface area (Å²) >= 11 is -0.123. The maximum Gasteiger partial charge on any atom is 0.446 e. The van der Waals surface area contributed by atoms with Crippen LogP contribution in [-0.2, 0) is 6.54 Å². The first-order valence-electron chi connectivity index (χ1n) is 5.80. The van der Waals surface area contributed by atoms with Gasteiger partial charge in [-0.25, -0.2) is 0 Å². The van der Waals surface area contributed by atoms with Gasteiger partial charge in [-0.3, -0.25) is 0 Å². The number of anilines is 1. The summed E-state index contributed by atoms with van der Waals surface area (Å²) in [4.78, 5) is 0.172. The molecule has 0 saturated heterocycles. The van der Waals surface area contributed by atoms with E-state index < -0.39 is 5.51 Å². The summed E-state index contributed by atoms with van der Waals surface area (Å²) in [5.74, 6) is 0.184. The standard InChI is InChI=1S/C14H12F3NOS/c15-14(16,17)20-13-7-1-10(2-8-13)9-18-11-3-5-12(19)6-4-11/h1-8,18-19H,9H2. The maximum atomic E-state index is 12.2. The number of thioether (sulfide) groups is 1. The van der Waals surface area contributed by atoms with Crippen molar-refractivity contribution < 1.29 is 18.3 Å². The van der Waals surface area contributed by atoms with Crippen LogP contribution in [0.1, 0.15) is 5.56 Å². The summed E-state index contributed by atoms with van der Waals surface area (Å²) in [6.45, 7) is 0.502. The number of benzene rings is 2. The SMILES string of the molecule is Oc1ccc(NCc2ccc(SC(F)(F)F)cc2)cc1. The highest BCUT2D eigenvalue weighted by molar-refractivity contribution is 8.00. The van der Waals surface area contributed by atoms with Crippen LogP contribution in [0.25, 0.3) is 0 Å². The quantitative estimate of drug-likeness (QED) is 0.638. The number of phenols is 1. The van der Waals surface area contributed by atoms with Gasteiger partial charge >= 0.3 is 5.51 Å². The van der Waals surface area contributed by atoms with Gasteiger partial charge in [0, 0.05) is 17.1 Å². The van der Waals surface area contributed by atoms with E-state index in [-0.39, 0.29) is 22.4 Å². The Bertz CT molecular complexity index is 552. The zero-order chi connectivity index (χ0) is 14.6. The van der Waals surface area contributed by atoms with Crippen LogP contribution in [0.4, 0.5) is 18.9 Å². The van der Waals surface area contributed by atoms with Gasteiger partial charge in [0.05, 0.1) is 0 Å². The van der Waals surface area contributed by atoms with Gasteiger partial charge in [0.15, 0.2) is 0 Å². The summed E-state index contributed by atoms with van der Waals surface area (Å²) in [7, 11) is 0. The largest absolute Gasteiger partial charge is 0.508 e. The molecule has 0 aliphatic carbocycles. The first-order chi connectivity index (χ1) is 9.42. The van der Waals surface area contributed by atoms with Gasteiger partial charge < -0.3 is 10.4 Å². The number of hydrogen-bond donors (Lipinski definition) is 2. The molecule has 0 saturated carbocycles. The van der Waals surface area contributed by atoms with Crippen molar-refractivity contribution in [3.8, 4) is 5.75 Å². The fourth-order valence-electron chi connectivity index (χ4n) is 1.59. The van der Waals surface area contributed by atoms with E-state index in [4.69, 9.17) is 5.11 Å². The summed E-state index contributed by atoms with van der Waals surface area (Å²) in [6.07, 6.45) is 0. The van der Waals surface area contributed by atoms with E-state index in [1.165, 1.54) is 12.1 Å². The van der Waals surface area contributed by atoms with Crippen molar-refractivity contribution in [2.24, 2.45) is 0 Å². The van der Waals surface area contributed by atoms with Crippen molar-refractivity contribution in [2.45, 2.75) is 16.9 Å². The Morgan fingerprint density at radius 2 is 1.55 bits per heavy atom. The molecule has 0 fully saturated rings. The third kappa shape index (κ3) is 4.70. The molecule has 0 aliphatic rings. The number of phenolic OH excluding ortho intramolecular Hbond substituents is 1. The van der Waals surface area contributed by atoms with Crippen LogP contribution in [0.2, 0.25) is 0 Å². The van der Waals surface area contributed by atoms with Gasteiger partial charge in [-0.2, -0.15) is 13.2 Å². The summed E-state index contributed by atoms with van der Waals surface area (Å²) < 4.78 is 36.5. The van der Waals surface area contributed by atoms with Crippen molar-refractivity contribution in [3.05, 3.63) is 54.1 Å². The predicted molar refractivity (Wildman–Crippen MR) is 73.8 cm³/mol. The van der Waals surface area contributed by atoms with Crippen LogP contribution >= 0.6 is 11.8 Å². The third-order valence-corrected chi connectivity index (χ3v) is 3.26. The van der Waals surface area contributed by atoms with Crippen LogP contribution in [-0.4, -0.2) is 10.6 Å². The van der Waals surface area contributed by atoms with E-state index in [0.29, 0.717) is 6.54 Å². The molecular weight excluding hydrogens is 287 g/mol. The van der Waals surface area contributed by atoms with Crippen LogP contribution in [0.5, 0.6) is 5.75 Å². The molecule has 0 bridgehead atoms. The molecule has 0 aliphatic heterocycles. The van der Waals surface area contributed by atoms with Gasteiger partial charge in [-0.05, 0) is 53.7 Å². The average Bonchev–Trinajstić information content (AvgIpc) is 2.38. The Morgan fingerprint density at radius 3 is 2.10 bits per heavy atom. The van der Waals surface area contributed by atoms with Crippen molar-refractivity contribution in [2.75, 3.05) is 5.32 Å². The molecule has 6 heteroatoms. The Hall–Kier alpha value is -1.82. The number of aromatic hydroxyl groups is 1. The Morgan fingerprint density at radius 1 is 0.950 bits per heavy atom. The lowest BCUT2D eigenvalue weighted by Crippen LogP contribution is -2.00. The highest BCUT2D eigenvalue weighted by atomic mass is 32.2. The molecule has 0 spiro atoms. The number of hydrogen-bond acceptors (Lipinski definition) is 3. The van der Waals surface area contributed by atoms with Crippen LogP contribution < -0.4 is 5.32 Å². The van der Waals surface area contributed by atoms with E-state index in [0.717, 1.165) is 11.3 Å². The molecule has 106 valence electrons. The molecule has 0 atom stereocenters. The first-order valence-corrected chi connectivity index (χ1v) is 6.62. The van der Waals surface area contributed by atoms with Gasteiger partial charge in [0.2, 0.25) is 0 Å². The monoisotopic (exact) mass is 299 g/mol. The smallest absolute Gasteiger partial charge is 0.446 e. The Labute approximate surface area is 118 Å². The van der Waals surface area contributed by atoms with Gasteiger partial charge in [-0.1, -0.05) is 12.1 Å². The van der Waals surface area contributed by atoms with E-state index in [2.05, 4.69) is 5.32 Å². The van der Waals surface area contributed by atoms with Gasteiger partial charge in [0.1, 0.15) is 5.75 Å². The summed E-state index contributed by atoms with van der Waals surface area (Å²) in [6, 6.07) is 12.8. The molecule has 2 N–H and O–H groups in total. The van der Waals surface area contributed by atoms with Crippen LogP contribution in [0.15, 0.2) is 53.4 Å². The van der Waals surface area contributed by atoms with Crippen LogP contribution in [0, 0.1) is 0 Å². The molecule has 2 aromatic carbocycles. The number of halogens is 3. The lowest BCUT2D eigenvalue weighted by atomic mass is 10.2. The normalized spacial score (nSPS) is 11.3. The maximum absolute atomic E-state index is 12.2. The number of alkyl halides is 3. The topological polar surface area (TPSA) is 32.3 Å². The fraction of sp³-hybridized carbons (Fsp3) is 0.143. The van der Waals surface area contributed by atoms with Gasteiger partial charge in [0.25, 0.3) is 0 Å². The molecule has 0 amide bonds. The van der Waals surface area contributed by atoms with E-state index >= 15 is 0 Å². The molecule has 0 aromatic heterocycles. The second-order valence-electron chi connectivity index (χ2n) is 4.09. The van der Waals surface area contributed by atoms with Crippen molar-refractivity contribution in [1.29, 1.82) is 0 Å². The fourth-order valence-corrected chi connectivity index (χ4v) is 2.13. The Kier molecular flexibility index (Phi) is 4.44. The van der Waals surface area contributed by atoms with Gasteiger partial charge in [-0.15, -0.1) is 0 Å². The summed E-state index contributed by atoms with van der Waals surface area (Å²) in [5.41, 5.74) is -2.55. The van der Waals surface area contributed by atoms with Crippen molar-refractivity contribution in [1.82, 2.24) is 0 Å². The van der Waals surface area contributed by atoms with Crippen molar-refractivity contribution >= 4 is 17.4 Å². The lowest BCUT2D eigenvalue weighted by Gasteiger charge is -2.08. The minimum Gasteiger partial charge on any atom is -0.508 e. The minimum absolute atomic E-state index is 0.123. The molecule has 2 aromatic rings. The predicted octanol–water partition coefficient (Wildman–Crippen LogP) is 4.62. The van der Waals surface area contributed by atoms with E-state index in [1.54, 1.807) is 36.4 Å².